The van der Waals surface area contributed by atoms with Crippen molar-refractivity contribution in [3.8, 4) is 0 Å². The Bertz CT molecular complexity index is 596. The summed E-state index contributed by atoms with van der Waals surface area (Å²) >= 11 is 0. The van der Waals surface area contributed by atoms with Gasteiger partial charge in [-0.1, -0.05) is 12.8 Å². The smallest absolute Gasteiger partial charge is 0.229 e. The molecule has 0 aliphatic heterocycles. The van der Waals surface area contributed by atoms with Gasteiger partial charge in [-0.15, -0.1) is 12.4 Å². The molecule has 124 valence electrons. The van der Waals surface area contributed by atoms with Gasteiger partial charge in [-0.2, -0.15) is 0 Å². The summed E-state index contributed by atoms with van der Waals surface area (Å²) in [5.74, 6) is 0.0350. The van der Waals surface area contributed by atoms with E-state index < -0.39 is 10.0 Å². The third-order valence-corrected chi connectivity index (χ3v) is 4.31. The van der Waals surface area contributed by atoms with E-state index in [4.69, 9.17) is 0 Å². The minimum atomic E-state index is -3.29. The van der Waals surface area contributed by atoms with Crippen LogP contribution in [-0.4, -0.2) is 32.5 Å². The third-order valence-electron chi connectivity index (χ3n) is 3.71. The Balaban J connectivity index is 0.00000242. The SMILES string of the molecule is C[C@H](NC1CCCC1)C(=O)c1ccc(NS(C)(=O)=O)cc1.Cl. The number of benzene rings is 1. The molecule has 0 aromatic heterocycles. The van der Waals surface area contributed by atoms with Gasteiger partial charge < -0.3 is 5.32 Å². The van der Waals surface area contributed by atoms with Crippen LogP contribution in [0.15, 0.2) is 24.3 Å². The fourth-order valence-corrected chi connectivity index (χ4v) is 3.25. The van der Waals surface area contributed by atoms with Crippen molar-refractivity contribution >= 4 is 33.9 Å². The second kappa shape index (κ2) is 7.94. The van der Waals surface area contributed by atoms with Crippen LogP contribution in [0.4, 0.5) is 5.69 Å². The normalized spacial score (nSPS) is 16.8. The molecular formula is C15H23ClN2O3S. The lowest BCUT2D eigenvalue weighted by Gasteiger charge is -2.18. The summed E-state index contributed by atoms with van der Waals surface area (Å²) in [4.78, 5) is 12.3. The van der Waals surface area contributed by atoms with E-state index in [2.05, 4.69) is 10.0 Å². The standard InChI is InChI=1S/C15H22N2O3S.ClH/c1-11(16-13-5-3-4-6-13)15(18)12-7-9-14(10-8-12)17-21(2,19)20;/h7-11,13,16-17H,3-6H2,1-2H3;1H/t11-;/m0./s1. The van der Waals surface area contributed by atoms with Gasteiger partial charge in [0.15, 0.2) is 5.78 Å². The van der Waals surface area contributed by atoms with Gasteiger partial charge in [0, 0.05) is 17.3 Å². The zero-order valence-corrected chi connectivity index (χ0v) is 14.5. The van der Waals surface area contributed by atoms with Gasteiger partial charge in [0.05, 0.1) is 12.3 Å². The van der Waals surface area contributed by atoms with Crippen LogP contribution in [0.5, 0.6) is 0 Å². The van der Waals surface area contributed by atoms with Crippen molar-refractivity contribution in [2.24, 2.45) is 0 Å². The molecule has 1 fully saturated rings. The molecule has 1 atom stereocenters. The molecule has 2 N–H and O–H groups in total. The lowest BCUT2D eigenvalue weighted by Crippen LogP contribution is -2.40. The lowest BCUT2D eigenvalue weighted by atomic mass is 10.0. The number of anilines is 1. The number of sulfonamides is 1. The van der Waals surface area contributed by atoms with Gasteiger partial charge in [0.25, 0.3) is 0 Å². The van der Waals surface area contributed by atoms with Crippen LogP contribution < -0.4 is 10.0 Å². The van der Waals surface area contributed by atoms with Crippen LogP contribution in [-0.2, 0) is 10.0 Å². The van der Waals surface area contributed by atoms with Gasteiger partial charge in [-0.3, -0.25) is 9.52 Å². The maximum absolute atomic E-state index is 12.3. The van der Waals surface area contributed by atoms with E-state index >= 15 is 0 Å². The monoisotopic (exact) mass is 346 g/mol. The van der Waals surface area contributed by atoms with Gasteiger partial charge in [0.1, 0.15) is 0 Å². The van der Waals surface area contributed by atoms with E-state index in [0.29, 0.717) is 17.3 Å². The molecule has 0 radical (unpaired) electrons. The van der Waals surface area contributed by atoms with Crippen LogP contribution in [0, 0.1) is 0 Å². The van der Waals surface area contributed by atoms with E-state index in [9.17, 15) is 13.2 Å². The molecular weight excluding hydrogens is 324 g/mol. The van der Waals surface area contributed by atoms with Crippen molar-refractivity contribution in [3.63, 3.8) is 0 Å². The average Bonchev–Trinajstić information content (AvgIpc) is 2.90. The van der Waals surface area contributed by atoms with E-state index in [1.54, 1.807) is 24.3 Å². The van der Waals surface area contributed by atoms with Gasteiger partial charge in [0.2, 0.25) is 10.0 Å². The molecule has 1 aromatic rings. The summed E-state index contributed by atoms with van der Waals surface area (Å²) in [7, 11) is -3.29. The molecule has 5 nitrogen and oxygen atoms in total. The average molecular weight is 347 g/mol. The molecule has 2 rings (SSSR count). The van der Waals surface area contributed by atoms with E-state index in [1.807, 2.05) is 6.92 Å². The van der Waals surface area contributed by atoms with Gasteiger partial charge >= 0.3 is 0 Å². The number of ketones is 1. The summed E-state index contributed by atoms with van der Waals surface area (Å²) in [5, 5.41) is 3.37. The molecule has 0 unspecified atom stereocenters. The Morgan fingerprint density at radius 3 is 2.23 bits per heavy atom. The van der Waals surface area contributed by atoms with E-state index in [-0.39, 0.29) is 24.2 Å². The number of hydrogen-bond acceptors (Lipinski definition) is 4. The van der Waals surface area contributed by atoms with Gasteiger partial charge in [-0.05, 0) is 44.0 Å². The van der Waals surface area contributed by atoms with Crippen LogP contribution in [0.3, 0.4) is 0 Å². The molecule has 0 heterocycles. The highest BCUT2D eigenvalue weighted by molar-refractivity contribution is 7.92. The molecule has 22 heavy (non-hydrogen) atoms. The maximum atomic E-state index is 12.3. The molecule has 1 aromatic carbocycles. The summed E-state index contributed by atoms with van der Waals surface area (Å²) in [6.07, 6.45) is 5.82. The second-order valence-corrected chi connectivity index (χ2v) is 7.43. The van der Waals surface area contributed by atoms with Crippen molar-refractivity contribution < 1.29 is 13.2 Å². The zero-order chi connectivity index (χ0) is 15.5. The highest BCUT2D eigenvalue weighted by atomic mass is 35.5. The van der Waals surface area contributed by atoms with Crippen molar-refractivity contribution in [3.05, 3.63) is 29.8 Å². The van der Waals surface area contributed by atoms with Crippen molar-refractivity contribution in [2.45, 2.75) is 44.7 Å². The quantitative estimate of drug-likeness (QED) is 0.776. The number of nitrogens with one attached hydrogen (secondary N) is 2. The largest absolute Gasteiger partial charge is 0.305 e. The summed E-state index contributed by atoms with van der Waals surface area (Å²) in [5.41, 5.74) is 1.05. The first-order valence-electron chi connectivity index (χ1n) is 7.23. The predicted molar refractivity (Wildman–Crippen MR) is 91.3 cm³/mol. The van der Waals surface area contributed by atoms with Gasteiger partial charge in [-0.25, -0.2) is 8.42 Å². The molecule has 1 saturated carbocycles. The first kappa shape index (κ1) is 18.9. The first-order valence-corrected chi connectivity index (χ1v) is 9.12. The fraction of sp³-hybridized carbons (Fsp3) is 0.533. The Hall–Kier alpha value is -1.11. The summed E-state index contributed by atoms with van der Waals surface area (Å²) in [6, 6.07) is 6.75. The fourth-order valence-electron chi connectivity index (χ4n) is 2.69. The second-order valence-electron chi connectivity index (χ2n) is 5.69. The molecule has 7 heteroatoms. The highest BCUT2D eigenvalue weighted by Gasteiger charge is 2.21. The number of carbonyl (C=O) groups is 1. The number of carbonyl (C=O) groups excluding carboxylic acids is 1. The van der Waals surface area contributed by atoms with Crippen LogP contribution >= 0.6 is 12.4 Å². The van der Waals surface area contributed by atoms with Crippen LogP contribution in [0.1, 0.15) is 43.0 Å². The number of hydrogen-bond donors (Lipinski definition) is 2. The maximum Gasteiger partial charge on any atom is 0.229 e. The van der Waals surface area contributed by atoms with Crippen molar-refractivity contribution in [2.75, 3.05) is 11.0 Å². The number of halogens is 1. The molecule has 0 bridgehead atoms. The number of rotatable bonds is 6. The molecule has 0 amide bonds. The molecule has 1 aliphatic carbocycles. The number of Topliss-reactive ketones (excluding diaryl/α,β-unsaturated/α-hetero) is 1. The van der Waals surface area contributed by atoms with Crippen molar-refractivity contribution in [1.29, 1.82) is 0 Å². The predicted octanol–water partition coefficient (Wildman–Crippen LogP) is 2.58. The van der Waals surface area contributed by atoms with Crippen molar-refractivity contribution in [1.82, 2.24) is 5.32 Å². The van der Waals surface area contributed by atoms with Crippen LogP contribution in [0.25, 0.3) is 0 Å². The third kappa shape index (κ3) is 5.59. The lowest BCUT2D eigenvalue weighted by molar-refractivity contribution is 0.0944. The first-order chi connectivity index (χ1) is 9.85. The summed E-state index contributed by atoms with van der Waals surface area (Å²) in [6.45, 7) is 1.88. The van der Waals surface area contributed by atoms with E-state index in [1.165, 1.54) is 12.8 Å². The summed E-state index contributed by atoms with van der Waals surface area (Å²) < 4.78 is 24.6. The molecule has 1 aliphatic rings. The Kier molecular flexibility index (Phi) is 6.84. The Morgan fingerprint density at radius 2 is 1.73 bits per heavy atom. The zero-order valence-electron chi connectivity index (χ0n) is 12.8. The van der Waals surface area contributed by atoms with Crippen LogP contribution in [0.2, 0.25) is 0 Å². The Morgan fingerprint density at radius 1 is 1.18 bits per heavy atom. The minimum Gasteiger partial charge on any atom is -0.305 e. The van der Waals surface area contributed by atoms with E-state index in [0.717, 1.165) is 19.1 Å². The molecule has 0 spiro atoms. The topological polar surface area (TPSA) is 75.3 Å². The minimum absolute atomic E-state index is 0. The highest BCUT2D eigenvalue weighted by Crippen LogP contribution is 2.19. The Labute approximate surface area is 138 Å². The molecule has 0 saturated heterocycles.